The standard InChI is InChI=1S/C53H36/c1-53(2)48-30-29-39-41(23-12-24-42(39)52(48)47-28-27-37(32-49(47)53)36-26-25-33-13-3-4-15-35(33)31-36)51-45-20-9-7-18-43(45)50(44-19-8-10-21-46(44)51)40-22-11-16-34-14-5-6-17-38(34)40/h3-32H,1-2H3. The zero-order valence-electron chi connectivity index (χ0n) is 29.8. The second-order valence-electron chi connectivity index (χ2n) is 15.2. The van der Waals surface area contributed by atoms with Gasteiger partial charge in [0.25, 0.3) is 0 Å². The first-order valence-corrected chi connectivity index (χ1v) is 18.7. The van der Waals surface area contributed by atoms with E-state index in [1.807, 2.05) is 0 Å². The van der Waals surface area contributed by atoms with Gasteiger partial charge in [-0.05, 0) is 122 Å². The third kappa shape index (κ3) is 4.36. The van der Waals surface area contributed by atoms with E-state index in [0.29, 0.717) is 0 Å². The van der Waals surface area contributed by atoms with Gasteiger partial charge in [-0.2, -0.15) is 0 Å². The summed E-state index contributed by atoms with van der Waals surface area (Å²) in [5.41, 5.74) is 13.1. The van der Waals surface area contributed by atoms with E-state index >= 15 is 0 Å². The lowest BCUT2D eigenvalue weighted by atomic mass is 9.80. The molecule has 0 unspecified atom stereocenters. The molecule has 0 radical (unpaired) electrons. The van der Waals surface area contributed by atoms with Crippen molar-refractivity contribution in [1.82, 2.24) is 0 Å². The van der Waals surface area contributed by atoms with Gasteiger partial charge >= 0.3 is 0 Å². The normalized spacial score (nSPS) is 13.2. The Balaban J connectivity index is 1.15. The first kappa shape index (κ1) is 30.2. The van der Waals surface area contributed by atoms with Crippen molar-refractivity contribution in [1.29, 1.82) is 0 Å². The molecule has 248 valence electrons. The summed E-state index contributed by atoms with van der Waals surface area (Å²) in [5.74, 6) is 0. The summed E-state index contributed by atoms with van der Waals surface area (Å²) in [6.45, 7) is 4.79. The van der Waals surface area contributed by atoms with E-state index in [4.69, 9.17) is 0 Å². The molecular weight excluding hydrogens is 637 g/mol. The van der Waals surface area contributed by atoms with Crippen LogP contribution in [0.25, 0.3) is 98.4 Å². The molecule has 11 rings (SSSR count). The molecular formula is C53H36. The molecule has 0 heterocycles. The van der Waals surface area contributed by atoms with Crippen LogP contribution in [-0.2, 0) is 5.41 Å². The van der Waals surface area contributed by atoms with Crippen LogP contribution in [0.2, 0.25) is 0 Å². The highest BCUT2D eigenvalue weighted by atomic mass is 14.4. The van der Waals surface area contributed by atoms with Crippen LogP contribution in [-0.4, -0.2) is 0 Å². The van der Waals surface area contributed by atoms with Gasteiger partial charge in [-0.15, -0.1) is 0 Å². The highest BCUT2D eigenvalue weighted by molar-refractivity contribution is 6.25. The van der Waals surface area contributed by atoms with Gasteiger partial charge in [0.15, 0.2) is 0 Å². The van der Waals surface area contributed by atoms with Crippen LogP contribution in [0.1, 0.15) is 25.0 Å². The quantitative estimate of drug-likeness (QED) is 0.164. The molecule has 0 aliphatic heterocycles. The smallest absolute Gasteiger partial charge is 0.0159 e. The molecule has 10 aromatic rings. The molecule has 0 heteroatoms. The molecule has 0 saturated heterocycles. The predicted molar refractivity (Wildman–Crippen MR) is 228 cm³/mol. The van der Waals surface area contributed by atoms with Crippen LogP contribution < -0.4 is 0 Å². The summed E-state index contributed by atoms with van der Waals surface area (Å²) in [6, 6.07) is 67.9. The average molecular weight is 673 g/mol. The van der Waals surface area contributed by atoms with Crippen molar-refractivity contribution in [3.05, 3.63) is 193 Å². The molecule has 0 spiro atoms. The largest absolute Gasteiger partial charge is 0.0616 e. The van der Waals surface area contributed by atoms with E-state index < -0.39 is 0 Å². The lowest BCUT2D eigenvalue weighted by molar-refractivity contribution is 0.661. The molecule has 0 N–H and O–H groups in total. The van der Waals surface area contributed by atoms with Crippen LogP contribution in [0, 0.1) is 0 Å². The van der Waals surface area contributed by atoms with Gasteiger partial charge in [0.2, 0.25) is 0 Å². The van der Waals surface area contributed by atoms with Crippen molar-refractivity contribution < 1.29 is 0 Å². The highest BCUT2D eigenvalue weighted by Gasteiger charge is 2.37. The maximum absolute atomic E-state index is 2.45. The fraction of sp³-hybridized carbons (Fsp3) is 0.0566. The van der Waals surface area contributed by atoms with Crippen molar-refractivity contribution in [2.75, 3.05) is 0 Å². The van der Waals surface area contributed by atoms with E-state index in [1.165, 1.54) is 109 Å². The third-order valence-corrected chi connectivity index (χ3v) is 12.0. The van der Waals surface area contributed by atoms with Gasteiger partial charge < -0.3 is 0 Å². The fourth-order valence-electron chi connectivity index (χ4n) is 9.51. The lowest BCUT2D eigenvalue weighted by Crippen LogP contribution is -2.15. The summed E-state index contributed by atoms with van der Waals surface area (Å²) in [4.78, 5) is 0. The Labute approximate surface area is 309 Å². The Bertz CT molecular complexity index is 3080. The highest BCUT2D eigenvalue weighted by Crippen LogP contribution is 2.54. The summed E-state index contributed by atoms with van der Waals surface area (Å²) < 4.78 is 0. The molecule has 0 aromatic heterocycles. The maximum Gasteiger partial charge on any atom is 0.0159 e. The zero-order valence-corrected chi connectivity index (χ0v) is 29.8. The van der Waals surface area contributed by atoms with Crippen LogP contribution in [0.15, 0.2) is 182 Å². The Hall–Kier alpha value is -6.50. The third-order valence-electron chi connectivity index (χ3n) is 12.0. The summed E-state index contributed by atoms with van der Waals surface area (Å²) in [5, 5.41) is 12.8. The SMILES string of the molecule is CC1(C)c2cc(-c3ccc4ccccc4c3)ccc2-c2c1ccc1c(-c3c4ccccc4c(-c4cccc5ccccc45)c4ccccc34)cccc21. The van der Waals surface area contributed by atoms with Gasteiger partial charge in [0.05, 0.1) is 0 Å². The predicted octanol–water partition coefficient (Wildman–Crippen LogP) is 14.8. The number of rotatable bonds is 3. The molecule has 1 aliphatic rings. The van der Waals surface area contributed by atoms with Gasteiger partial charge in [-0.1, -0.05) is 184 Å². The minimum atomic E-state index is -0.124. The molecule has 0 bridgehead atoms. The lowest BCUT2D eigenvalue weighted by Gasteiger charge is -2.23. The van der Waals surface area contributed by atoms with E-state index in [0.717, 1.165) is 0 Å². The second-order valence-corrected chi connectivity index (χ2v) is 15.2. The van der Waals surface area contributed by atoms with E-state index in [1.54, 1.807) is 0 Å². The van der Waals surface area contributed by atoms with Crippen LogP contribution in [0.5, 0.6) is 0 Å². The van der Waals surface area contributed by atoms with Gasteiger partial charge in [0.1, 0.15) is 0 Å². The van der Waals surface area contributed by atoms with Crippen LogP contribution >= 0.6 is 0 Å². The van der Waals surface area contributed by atoms with Crippen molar-refractivity contribution >= 4 is 53.9 Å². The van der Waals surface area contributed by atoms with Crippen molar-refractivity contribution in [2.45, 2.75) is 19.3 Å². The molecule has 0 nitrogen and oxygen atoms in total. The van der Waals surface area contributed by atoms with E-state index in [2.05, 4.69) is 196 Å². The zero-order chi connectivity index (χ0) is 35.3. The summed E-state index contributed by atoms with van der Waals surface area (Å²) in [6.07, 6.45) is 0. The fourth-order valence-corrected chi connectivity index (χ4v) is 9.51. The van der Waals surface area contributed by atoms with Gasteiger partial charge in [0, 0.05) is 5.41 Å². The van der Waals surface area contributed by atoms with E-state index in [9.17, 15) is 0 Å². The molecule has 0 fully saturated rings. The molecule has 0 amide bonds. The van der Waals surface area contributed by atoms with Crippen LogP contribution in [0.4, 0.5) is 0 Å². The Morgan fingerprint density at radius 3 is 1.47 bits per heavy atom. The second kappa shape index (κ2) is 11.2. The topological polar surface area (TPSA) is 0 Å². The van der Waals surface area contributed by atoms with Crippen molar-refractivity contribution in [3.8, 4) is 44.5 Å². The Morgan fingerprint density at radius 2 is 0.774 bits per heavy atom. The van der Waals surface area contributed by atoms with Gasteiger partial charge in [-0.3, -0.25) is 0 Å². The van der Waals surface area contributed by atoms with Crippen molar-refractivity contribution in [2.24, 2.45) is 0 Å². The van der Waals surface area contributed by atoms with E-state index in [-0.39, 0.29) is 5.41 Å². The maximum atomic E-state index is 2.45. The van der Waals surface area contributed by atoms with Crippen molar-refractivity contribution in [3.63, 3.8) is 0 Å². The summed E-state index contributed by atoms with van der Waals surface area (Å²) >= 11 is 0. The average Bonchev–Trinajstić information content (AvgIpc) is 3.45. The minimum absolute atomic E-state index is 0.124. The van der Waals surface area contributed by atoms with Gasteiger partial charge in [-0.25, -0.2) is 0 Å². The number of benzene rings is 10. The Morgan fingerprint density at radius 1 is 0.283 bits per heavy atom. The number of hydrogen-bond donors (Lipinski definition) is 0. The molecule has 1 aliphatic carbocycles. The molecule has 0 saturated carbocycles. The summed E-state index contributed by atoms with van der Waals surface area (Å²) in [7, 11) is 0. The minimum Gasteiger partial charge on any atom is -0.0616 e. The molecule has 0 atom stereocenters. The number of fused-ring (bicyclic) bond motifs is 9. The monoisotopic (exact) mass is 672 g/mol. The molecule has 53 heavy (non-hydrogen) atoms. The Kier molecular flexibility index (Phi) is 6.40. The first-order valence-electron chi connectivity index (χ1n) is 18.7. The molecule has 10 aromatic carbocycles. The number of hydrogen-bond acceptors (Lipinski definition) is 0. The van der Waals surface area contributed by atoms with Crippen LogP contribution in [0.3, 0.4) is 0 Å². The first-order chi connectivity index (χ1) is 26.1.